The molecule has 156 valence electrons. The lowest BCUT2D eigenvalue weighted by atomic mass is 9.99. The van der Waals surface area contributed by atoms with E-state index in [2.05, 4.69) is 30.5 Å². The SMILES string of the molecule is Clc1cncc(CC2CN(Cc3cncc(Cl)c3)NN(Cc3cncc(Cl)c3)C2)c1. The molecule has 0 atom stereocenters. The summed E-state index contributed by atoms with van der Waals surface area (Å²) >= 11 is 18.4. The molecule has 3 aromatic rings. The van der Waals surface area contributed by atoms with Gasteiger partial charge >= 0.3 is 0 Å². The average Bonchev–Trinajstić information content (AvgIpc) is 2.68. The highest BCUT2D eigenvalue weighted by molar-refractivity contribution is 6.31. The third-order valence-corrected chi connectivity index (χ3v) is 5.42. The van der Waals surface area contributed by atoms with Crippen molar-refractivity contribution < 1.29 is 0 Å². The number of aromatic nitrogens is 3. The minimum atomic E-state index is 0.380. The first kappa shape index (κ1) is 21.4. The molecule has 1 aliphatic heterocycles. The van der Waals surface area contributed by atoms with Gasteiger partial charge in [0.15, 0.2) is 0 Å². The summed E-state index contributed by atoms with van der Waals surface area (Å²) in [6.45, 7) is 3.09. The van der Waals surface area contributed by atoms with Gasteiger partial charge in [-0.1, -0.05) is 34.8 Å². The van der Waals surface area contributed by atoms with Crippen LogP contribution >= 0.6 is 34.8 Å². The van der Waals surface area contributed by atoms with Crippen LogP contribution in [-0.4, -0.2) is 38.1 Å². The van der Waals surface area contributed by atoms with E-state index in [-0.39, 0.29) is 0 Å². The highest BCUT2D eigenvalue weighted by Crippen LogP contribution is 2.20. The molecule has 1 saturated heterocycles. The molecule has 0 aromatic carbocycles. The van der Waals surface area contributed by atoms with Crippen molar-refractivity contribution in [3.63, 3.8) is 0 Å². The number of hydrogen-bond donors (Lipinski definition) is 1. The molecule has 1 N–H and O–H groups in total. The monoisotopic (exact) mass is 462 g/mol. The van der Waals surface area contributed by atoms with Gasteiger partial charge < -0.3 is 0 Å². The van der Waals surface area contributed by atoms with Gasteiger partial charge in [0.1, 0.15) is 0 Å². The Bertz CT molecular complexity index is 869. The number of halogens is 3. The van der Waals surface area contributed by atoms with Crippen LogP contribution in [0, 0.1) is 5.92 Å². The van der Waals surface area contributed by atoms with Crippen molar-refractivity contribution in [1.82, 2.24) is 30.5 Å². The number of rotatable bonds is 6. The predicted octanol–water partition coefficient (Wildman–Crippen LogP) is 4.43. The van der Waals surface area contributed by atoms with Gasteiger partial charge in [-0.05, 0) is 47.2 Å². The van der Waals surface area contributed by atoms with Crippen LogP contribution in [0.5, 0.6) is 0 Å². The van der Waals surface area contributed by atoms with Crippen molar-refractivity contribution in [2.24, 2.45) is 5.92 Å². The molecular weight excluding hydrogens is 443 g/mol. The number of pyridine rings is 3. The van der Waals surface area contributed by atoms with E-state index in [0.717, 1.165) is 36.2 Å². The standard InChI is InChI=1S/C21H21Cl3N6/c22-19-2-15(5-25-8-19)1-18-13-29(11-16-3-20(23)9-26-6-16)28-30(14-18)12-17-4-21(24)10-27-7-17/h2-10,18,28H,1,11-14H2. The van der Waals surface area contributed by atoms with Gasteiger partial charge in [0, 0.05) is 63.4 Å². The predicted molar refractivity (Wildman–Crippen MR) is 119 cm³/mol. The van der Waals surface area contributed by atoms with E-state index in [1.807, 2.05) is 36.8 Å². The molecule has 30 heavy (non-hydrogen) atoms. The van der Waals surface area contributed by atoms with E-state index in [4.69, 9.17) is 34.8 Å². The molecule has 0 unspecified atom stereocenters. The summed E-state index contributed by atoms with van der Waals surface area (Å²) in [6, 6.07) is 5.85. The molecule has 0 aliphatic carbocycles. The van der Waals surface area contributed by atoms with E-state index in [9.17, 15) is 0 Å². The van der Waals surface area contributed by atoms with Gasteiger partial charge in [-0.15, -0.1) is 0 Å². The van der Waals surface area contributed by atoms with E-state index < -0.39 is 0 Å². The Morgan fingerprint density at radius 1 is 0.700 bits per heavy atom. The molecule has 4 rings (SSSR count). The summed E-state index contributed by atoms with van der Waals surface area (Å²) in [5.74, 6) is 0.380. The Morgan fingerprint density at radius 3 is 1.60 bits per heavy atom. The Hall–Kier alpha value is -1.80. The molecule has 1 fully saturated rings. The van der Waals surface area contributed by atoms with E-state index in [1.165, 1.54) is 0 Å². The first-order valence-electron chi connectivity index (χ1n) is 9.58. The lowest BCUT2D eigenvalue weighted by Crippen LogP contribution is -2.58. The number of nitrogens with zero attached hydrogens (tertiary/aromatic N) is 5. The molecule has 4 heterocycles. The third-order valence-electron chi connectivity index (χ3n) is 4.80. The third kappa shape index (κ3) is 6.11. The smallest absolute Gasteiger partial charge is 0.0592 e. The lowest BCUT2D eigenvalue weighted by molar-refractivity contribution is -0.0541. The van der Waals surface area contributed by atoms with Crippen LogP contribution in [-0.2, 0) is 19.5 Å². The topological polar surface area (TPSA) is 57.2 Å². The second-order valence-corrected chi connectivity index (χ2v) is 8.77. The van der Waals surface area contributed by atoms with Gasteiger partial charge in [-0.25, -0.2) is 10.0 Å². The van der Waals surface area contributed by atoms with Crippen molar-refractivity contribution in [2.75, 3.05) is 13.1 Å². The fourth-order valence-corrected chi connectivity index (χ4v) is 4.31. The van der Waals surface area contributed by atoms with Crippen molar-refractivity contribution in [2.45, 2.75) is 19.5 Å². The molecular formula is C21H21Cl3N6. The van der Waals surface area contributed by atoms with E-state index >= 15 is 0 Å². The second kappa shape index (κ2) is 10.0. The molecule has 6 nitrogen and oxygen atoms in total. The fraction of sp³-hybridized carbons (Fsp3) is 0.286. The Labute approximate surface area is 190 Å². The first-order chi connectivity index (χ1) is 14.5. The Kier molecular flexibility index (Phi) is 7.15. The zero-order valence-electron chi connectivity index (χ0n) is 16.2. The van der Waals surface area contributed by atoms with Crippen LogP contribution in [0.4, 0.5) is 0 Å². The summed E-state index contributed by atoms with van der Waals surface area (Å²) in [6.07, 6.45) is 11.4. The number of hydrazine groups is 2. The minimum absolute atomic E-state index is 0.380. The minimum Gasteiger partial charge on any atom is -0.263 e. The van der Waals surface area contributed by atoms with Gasteiger partial charge in [-0.3, -0.25) is 15.0 Å². The molecule has 0 amide bonds. The molecule has 0 saturated carbocycles. The summed E-state index contributed by atoms with van der Waals surface area (Å²) in [7, 11) is 0. The first-order valence-corrected chi connectivity index (χ1v) is 10.7. The maximum absolute atomic E-state index is 6.13. The molecule has 0 bridgehead atoms. The average molecular weight is 464 g/mol. The van der Waals surface area contributed by atoms with E-state index in [1.54, 1.807) is 18.6 Å². The van der Waals surface area contributed by atoms with Gasteiger partial charge in [0.25, 0.3) is 0 Å². The molecule has 9 heteroatoms. The van der Waals surface area contributed by atoms with Gasteiger partial charge in [-0.2, -0.15) is 5.53 Å². The summed E-state index contributed by atoms with van der Waals surface area (Å²) in [5, 5.41) is 6.28. The van der Waals surface area contributed by atoms with Crippen molar-refractivity contribution in [1.29, 1.82) is 0 Å². The molecule has 0 spiro atoms. The second-order valence-electron chi connectivity index (χ2n) is 7.47. The van der Waals surface area contributed by atoms with Crippen LogP contribution in [0.1, 0.15) is 16.7 Å². The normalized spacial score (nSPS) is 16.1. The molecule has 0 radical (unpaired) electrons. The molecule has 1 aliphatic rings. The molecule has 3 aromatic heterocycles. The highest BCUT2D eigenvalue weighted by Gasteiger charge is 2.26. The highest BCUT2D eigenvalue weighted by atomic mass is 35.5. The zero-order chi connectivity index (χ0) is 20.9. The Balaban J connectivity index is 1.50. The zero-order valence-corrected chi connectivity index (χ0v) is 18.4. The van der Waals surface area contributed by atoms with Crippen molar-refractivity contribution >= 4 is 34.8 Å². The van der Waals surface area contributed by atoms with Crippen LogP contribution in [0.2, 0.25) is 15.1 Å². The maximum atomic E-state index is 6.13. The Morgan fingerprint density at radius 2 is 1.13 bits per heavy atom. The number of hydrogen-bond acceptors (Lipinski definition) is 6. The van der Waals surface area contributed by atoms with Crippen molar-refractivity contribution in [3.8, 4) is 0 Å². The maximum Gasteiger partial charge on any atom is 0.0592 e. The fourth-order valence-electron chi connectivity index (χ4n) is 3.72. The largest absolute Gasteiger partial charge is 0.263 e. The summed E-state index contributed by atoms with van der Waals surface area (Å²) in [5.41, 5.74) is 6.72. The quantitative estimate of drug-likeness (QED) is 0.584. The van der Waals surface area contributed by atoms with E-state index in [0.29, 0.717) is 34.1 Å². The van der Waals surface area contributed by atoms with Gasteiger partial charge in [0.05, 0.1) is 15.1 Å². The summed E-state index contributed by atoms with van der Waals surface area (Å²) < 4.78 is 0. The summed E-state index contributed by atoms with van der Waals surface area (Å²) in [4.78, 5) is 12.6. The van der Waals surface area contributed by atoms with Gasteiger partial charge in [0.2, 0.25) is 0 Å². The van der Waals surface area contributed by atoms with Crippen LogP contribution in [0.3, 0.4) is 0 Å². The lowest BCUT2D eigenvalue weighted by Gasteiger charge is -2.41. The van der Waals surface area contributed by atoms with Crippen LogP contribution in [0.15, 0.2) is 55.4 Å². The van der Waals surface area contributed by atoms with Crippen molar-refractivity contribution in [3.05, 3.63) is 87.1 Å². The van der Waals surface area contributed by atoms with Crippen LogP contribution in [0.25, 0.3) is 0 Å². The number of nitrogens with one attached hydrogen (secondary N) is 1. The van der Waals surface area contributed by atoms with Crippen LogP contribution < -0.4 is 5.53 Å².